The molecule has 0 atom stereocenters. The molecule has 0 aliphatic carbocycles. The zero-order chi connectivity index (χ0) is 17.8. The Morgan fingerprint density at radius 3 is 2.42 bits per heavy atom. The number of hydrogen-bond acceptors (Lipinski definition) is 4. The zero-order valence-corrected chi connectivity index (χ0v) is 16.9. The summed E-state index contributed by atoms with van der Waals surface area (Å²) in [5.74, 6) is 0.0877. The number of carbonyl (C=O) groups excluding carboxylic acids is 1. The fourth-order valence-corrected chi connectivity index (χ4v) is 3.77. The lowest BCUT2D eigenvalue weighted by Gasteiger charge is -2.22. The van der Waals surface area contributed by atoms with E-state index in [-0.39, 0.29) is 18.3 Å². The monoisotopic (exact) mass is 389 g/mol. The number of anilines is 1. The number of carbonyl (C=O) groups is 1. The molecular formula is C20H24ClN3OS. The van der Waals surface area contributed by atoms with Crippen LogP contribution in [0.2, 0.25) is 0 Å². The van der Waals surface area contributed by atoms with Gasteiger partial charge < -0.3 is 4.90 Å². The molecule has 0 radical (unpaired) electrons. The van der Waals surface area contributed by atoms with Crippen LogP contribution in [0.5, 0.6) is 0 Å². The predicted octanol–water partition coefficient (Wildman–Crippen LogP) is 4.16. The molecule has 3 aromatic rings. The molecule has 3 rings (SSSR count). The maximum atomic E-state index is 13.0. The third-order valence-electron chi connectivity index (χ3n) is 4.11. The van der Waals surface area contributed by atoms with Crippen LogP contribution in [0.3, 0.4) is 0 Å². The fourth-order valence-electron chi connectivity index (χ4n) is 2.68. The van der Waals surface area contributed by atoms with E-state index in [0.717, 1.165) is 33.0 Å². The molecule has 0 aliphatic heterocycles. The topological polar surface area (TPSA) is 36.4 Å². The highest BCUT2D eigenvalue weighted by atomic mass is 35.5. The SMILES string of the molecule is Cc1cccc2sc(N(CCN(C)C)C(=O)Cc3ccccc3)nc12.Cl. The van der Waals surface area contributed by atoms with Crippen molar-refractivity contribution in [2.75, 3.05) is 32.1 Å². The molecule has 0 aliphatic rings. The van der Waals surface area contributed by atoms with Crippen LogP contribution in [0.25, 0.3) is 10.2 Å². The van der Waals surface area contributed by atoms with Crippen molar-refractivity contribution in [1.82, 2.24) is 9.88 Å². The highest BCUT2D eigenvalue weighted by molar-refractivity contribution is 7.22. The van der Waals surface area contributed by atoms with Gasteiger partial charge in [0.05, 0.1) is 16.6 Å². The molecule has 1 aromatic heterocycles. The van der Waals surface area contributed by atoms with Crippen molar-refractivity contribution in [3.05, 3.63) is 59.7 Å². The number of halogens is 1. The van der Waals surface area contributed by atoms with Crippen LogP contribution in [0.1, 0.15) is 11.1 Å². The van der Waals surface area contributed by atoms with E-state index < -0.39 is 0 Å². The summed E-state index contributed by atoms with van der Waals surface area (Å²) in [6, 6.07) is 16.0. The lowest BCUT2D eigenvalue weighted by atomic mass is 10.1. The third-order valence-corrected chi connectivity index (χ3v) is 5.15. The van der Waals surface area contributed by atoms with Gasteiger partial charge in [-0.3, -0.25) is 9.69 Å². The summed E-state index contributed by atoms with van der Waals surface area (Å²) in [5.41, 5.74) is 3.16. The number of likely N-dealkylation sites (N-methyl/N-ethyl adjacent to an activating group) is 1. The van der Waals surface area contributed by atoms with E-state index in [4.69, 9.17) is 4.98 Å². The molecule has 4 nitrogen and oxygen atoms in total. The maximum Gasteiger partial charge on any atom is 0.233 e. The average molecular weight is 390 g/mol. The Hall–Kier alpha value is -1.95. The molecule has 0 saturated heterocycles. The van der Waals surface area contributed by atoms with E-state index >= 15 is 0 Å². The summed E-state index contributed by atoms with van der Waals surface area (Å²) in [7, 11) is 4.03. The maximum absolute atomic E-state index is 13.0. The van der Waals surface area contributed by atoms with Gasteiger partial charge in [0.25, 0.3) is 0 Å². The molecular weight excluding hydrogens is 366 g/mol. The summed E-state index contributed by atoms with van der Waals surface area (Å²) < 4.78 is 1.12. The van der Waals surface area contributed by atoms with E-state index in [1.807, 2.05) is 55.4 Å². The first-order valence-electron chi connectivity index (χ1n) is 8.40. The van der Waals surface area contributed by atoms with Crippen LogP contribution < -0.4 is 4.90 Å². The first-order valence-corrected chi connectivity index (χ1v) is 9.21. The standard InChI is InChI=1S/C20H23N3OS.ClH/c1-15-8-7-11-17-19(15)21-20(25-17)23(13-12-22(2)3)18(24)14-16-9-5-4-6-10-16;/h4-11H,12-14H2,1-3H3;1H. The number of fused-ring (bicyclic) bond motifs is 1. The summed E-state index contributed by atoms with van der Waals surface area (Å²) in [4.78, 5) is 21.6. The minimum absolute atomic E-state index is 0. The smallest absolute Gasteiger partial charge is 0.233 e. The van der Waals surface area contributed by atoms with Gasteiger partial charge >= 0.3 is 0 Å². The third kappa shape index (κ3) is 4.81. The number of nitrogens with zero attached hydrogens (tertiary/aromatic N) is 3. The summed E-state index contributed by atoms with van der Waals surface area (Å²) in [6.45, 7) is 3.49. The van der Waals surface area contributed by atoms with Gasteiger partial charge in [-0.1, -0.05) is 53.8 Å². The lowest BCUT2D eigenvalue weighted by Crippen LogP contribution is -2.37. The Morgan fingerprint density at radius 1 is 1.04 bits per heavy atom. The first-order chi connectivity index (χ1) is 12.0. The van der Waals surface area contributed by atoms with Gasteiger partial charge in [-0.05, 0) is 38.2 Å². The van der Waals surface area contributed by atoms with Crippen molar-refractivity contribution in [2.24, 2.45) is 0 Å². The number of aromatic nitrogens is 1. The van der Waals surface area contributed by atoms with Gasteiger partial charge in [0.15, 0.2) is 5.13 Å². The highest BCUT2D eigenvalue weighted by Gasteiger charge is 2.20. The fraction of sp³-hybridized carbons (Fsp3) is 0.300. The van der Waals surface area contributed by atoms with E-state index in [1.54, 1.807) is 11.3 Å². The van der Waals surface area contributed by atoms with Crippen molar-refractivity contribution in [1.29, 1.82) is 0 Å². The molecule has 0 N–H and O–H groups in total. The number of para-hydroxylation sites is 1. The molecule has 1 heterocycles. The number of aryl methyl sites for hydroxylation is 1. The minimum Gasteiger partial charge on any atom is -0.308 e. The number of amides is 1. The number of rotatable bonds is 6. The first kappa shape index (κ1) is 20.4. The molecule has 0 bridgehead atoms. The van der Waals surface area contributed by atoms with Crippen molar-refractivity contribution >= 4 is 45.0 Å². The number of hydrogen-bond donors (Lipinski definition) is 0. The van der Waals surface area contributed by atoms with Crippen LogP contribution in [0.4, 0.5) is 5.13 Å². The van der Waals surface area contributed by atoms with Crippen molar-refractivity contribution in [3.8, 4) is 0 Å². The Bertz CT molecular complexity index is 864. The molecule has 0 fully saturated rings. The van der Waals surface area contributed by atoms with Gasteiger partial charge in [-0.2, -0.15) is 0 Å². The normalized spacial score (nSPS) is 10.8. The highest BCUT2D eigenvalue weighted by Crippen LogP contribution is 2.30. The quantitative estimate of drug-likeness (QED) is 0.635. The predicted molar refractivity (Wildman–Crippen MR) is 113 cm³/mol. The minimum atomic E-state index is 0. The van der Waals surface area contributed by atoms with Crippen LogP contribution in [-0.2, 0) is 11.2 Å². The number of thiazole rings is 1. The Morgan fingerprint density at radius 2 is 1.77 bits per heavy atom. The van der Waals surface area contributed by atoms with Crippen molar-refractivity contribution in [2.45, 2.75) is 13.3 Å². The largest absolute Gasteiger partial charge is 0.308 e. The van der Waals surface area contributed by atoms with E-state index in [0.29, 0.717) is 13.0 Å². The summed E-state index contributed by atoms with van der Waals surface area (Å²) in [6.07, 6.45) is 0.392. The van der Waals surface area contributed by atoms with E-state index in [1.165, 1.54) is 0 Å². The molecule has 0 unspecified atom stereocenters. The average Bonchev–Trinajstić information content (AvgIpc) is 3.01. The van der Waals surface area contributed by atoms with Gasteiger partial charge in [0.2, 0.25) is 5.91 Å². The molecule has 138 valence electrons. The Labute approximate surface area is 164 Å². The Balaban J connectivity index is 0.00000243. The second kappa shape index (κ2) is 9.12. The van der Waals surface area contributed by atoms with E-state index in [9.17, 15) is 4.79 Å². The molecule has 6 heteroatoms. The van der Waals surface area contributed by atoms with Gasteiger partial charge in [-0.25, -0.2) is 4.98 Å². The van der Waals surface area contributed by atoms with Gasteiger partial charge in [0, 0.05) is 13.1 Å². The van der Waals surface area contributed by atoms with Gasteiger partial charge in [0.1, 0.15) is 0 Å². The molecule has 0 spiro atoms. The molecule has 26 heavy (non-hydrogen) atoms. The van der Waals surface area contributed by atoms with Crippen molar-refractivity contribution in [3.63, 3.8) is 0 Å². The second-order valence-electron chi connectivity index (χ2n) is 6.43. The van der Waals surface area contributed by atoms with E-state index in [2.05, 4.69) is 24.0 Å². The van der Waals surface area contributed by atoms with Crippen LogP contribution in [0, 0.1) is 6.92 Å². The second-order valence-corrected chi connectivity index (χ2v) is 7.44. The van der Waals surface area contributed by atoms with Crippen LogP contribution >= 0.6 is 23.7 Å². The van der Waals surface area contributed by atoms with Crippen molar-refractivity contribution < 1.29 is 4.79 Å². The summed E-state index contributed by atoms with van der Waals surface area (Å²) >= 11 is 1.59. The van der Waals surface area contributed by atoms with Crippen LogP contribution in [0.15, 0.2) is 48.5 Å². The molecule has 1 amide bonds. The lowest BCUT2D eigenvalue weighted by molar-refractivity contribution is -0.118. The molecule has 2 aromatic carbocycles. The zero-order valence-electron chi connectivity index (χ0n) is 15.3. The summed E-state index contributed by atoms with van der Waals surface area (Å²) in [5, 5.41) is 0.784. The van der Waals surface area contributed by atoms with Crippen LogP contribution in [-0.4, -0.2) is 43.0 Å². The van der Waals surface area contributed by atoms with Gasteiger partial charge in [-0.15, -0.1) is 12.4 Å². The number of benzene rings is 2. The Kier molecular flexibility index (Phi) is 7.14. The molecule has 0 saturated carbocycles.